The van der Waals surface area contributed by atoms with Gasteiger partial charge in [-0.1, -0.05) is 48.5 Å². The van der Waals surface area contributed by atoms with E-state index in [-0.39, 0.29) is 30.5 Å². The molecule has 0 bridgehead atoms. The Bertz CT molecular complexity index is 1200. The van der Waals surface area contributed by atoms with Gasteiger partial charge in [0.1, 0.15) is 22.5 Å². The van der Waals surface area contributed by atoms with Crippen molar-refractivity contribution in [2.75, 3.05) is 27.2 Å². The topological polar surface area (TPSA) is 121 Å². The van der Waals surface area contributed by atoms with Crippen molar-refractivity contribution in [2.24, 2.45) is 0 Å². The lowest BCUT2D eigenvalue weighted by Crippen LogP contribution is -2.51. The van der Waals surface area contributed by atoms with Crippen LogP contribution in [-0.4, -0.2) is 66.2 Å². The number of carbonyl (C=O) groups excluding carboxylic acids is 2. The first-order valence-electron chi connectivity index (χ1n) is 11.1. The Morgan fingerprint density at radius 3 is 2.29 bits per heavy atom. The molecule has 9 nitrogen and oxygen atoms in total. The van der Waals surface area contributed by atoms with Gasteiger partial charge in [-0.25, -0.2) is 14.6 Å². The summed E-state index contributed by atoms with van der Waals surface area (Å²) in [5.41, 5.74) is 4.48. The van der Waals surface area contributed by atoms with Gasteiger partial charge in [-0.2, -0.15) is 0 Å². The zero-order valence-electron chi connectivity index (χ0n) is 19.4. The number of hydrogen-bond acceptors (Lipinski definition) is 7. The molecule has 0 saturated carbocycles. The highest BCUT2D eigenvalue weighted by atomic mass is 32.1. The number of benzene rings is 2. The van der Waals surface area contributed by atoms with Crippen LogP contribution in [0.3, 0.4) is 0 Å². The third-order valence-electron chi connectivity index (χ3n) is 5.68. The minimum absolute atomic E-state index is 0.0626. The highest BCUT2D eigenvalue weighted by Crippen LogP contribution is 2.44. The van der Waals surface area contributed by atoms with Gasteiger partial charge in [0, 0.05) is 12.5 Å². The summed E-state index contributed by atoms with van der Waals surface area (Å²) in [6, 6.07) is 15.3. The molecule has 4 rings (SSSR count). The summed E-state index contributed by atoms with van der Waals surface area (Å²) < 4.78 is 5.57. The van der Waals surface area contributed by atoms with Crippen molar-refractivity contribution in [3.05, 3.63) is 75.7 Å². The molecule has 2 amide bonds. The molecule has 2 aromatic carbocycles. The van der Waals surface area contributed by atoms with E-state index in [9.17, 15) is 14.4 Å². The molecule has 3 N–H and O–H groups in total. The first-order valence-corrected chi connectivity index (χ1v) is 11.9. The fourth-order valence-corrected chi connectivity index (χ4v) is 4.81. The van der Waals surface area contributed by atoms with Gasteiger partial charge in [0.2, 0.25) is 5.91 Å². The first-order chi connectivity index (χ1) is 16.8. The number of hydrogen-bond donors (Lipinski definition) is 3. The van der Waals surface area contributed by atoms with E-state index in [1.165, 1.54) is 6.20 Å². The summed E-state index contributed by atoms with van der Waals surface area (Å²) in [5.74, 6) is -1.57. The van der Waals surface area contributed by atoms with Crippen LogP contribution >= 0.6 is 11.3 Å². The molecular formula is C25H26N4O5S. The van der Waals surface area contributed by atoms with Crippen LogP contribution in [0.25, 0.3) is 11.1 Å². The van der Waals surface area contributed by atoms with E-state index in [1.54, 1.807) is 19.0 Å². The van der Waals surface area contributed by atoms with Gasteiger partial charge in [-0.3, -0.25) is 4.79 Å². The number of likely N-dealkylation sites (N-methyl/N-ethyl adjacent to an activating group) is 1. The quantitative estimate of drug-likeness (QED) is 0.418. The third-order valence-corrected chi connectivity index (χ3v) is 6.66. The maximum absolute atomic E-state index is 12.8. The van der Waals surface area contributed by atoms with Crippen molar-refractivity contribution in [1.82, 2.24) is 20.5 Å². The summed E-state index contributed by atoms with van der Waals surface area (Å²) >= 11 is 0.986. The van der Waals surface area contributed by atoms with E-state index in [1.807, 2.05) is 36.4 Å². The van der Waals surface area contributed by atoms with E-state index < -0.39 is 24.0 Å². The standard InChI is InChI=1S/C25H26N4O5S/c1-29(2)13-20(23(30)27-12-22-26-11-21(35-22)24(31)32)28-25(33)34-14-19-17-9-5-3-7-15(17)16-8-4-6-10-18(16)19/h3-11,19-20H,12-14H2,1-2H3,(H,27,30)(H,28,33)(H,31,32)/t20-/m0/s1. The second-order valence-electron chi connectivity index (χ2n) is 8.43. The zero-order chi connectivity index (χ0) is 24.9. The monoisotopic (exact) mass is 494 g/mol. The predicted octanol–water partition coefficient (Wildman–Crippen LogP) is 2.93. The van der Waals surface area contributed by atoms with E-state index >= 15 is 0 Å². The number of aromatic nitrogens is 1. The molecule has 1 aromatic heterocycles. The van der Waals surface area contributed by atoms with E-state index in [0.29, 0.717) is 5.01 Å². The molecule has 1 atom stereocenters. The van der Waals surface area contributed by atoms with Crippen molar-refractivity contribution in [2.45, 2.75) is 18.5 Å². The summed E-state index contributed by atoms with van der Waals surface area (Å²) in [6.45, 7) is 0.467. The molecule has 1 aliphatic carbocycles. The van der Waals surface area contributed by atoms with E-state index in [2.05, 4.69) is 27.8 Å². The maximum Gasteiger partial charge on any atom is 0.407 e. The lowest BCUT2D eigenvalue weighted by Gasteiger charge is -2.22. The molecule has 3 aromatic rings. The van der Waals surface area contributed by atoms with Crippen LogP contribution in [0, 0.1) is 0 Å². The van der Waals surface area contributed by atoms with Gasteiger partial charge in [-0.05, 0) is 36.3 Å². The van der Waals surface area contributed by atoms with Crippen LogP contribution in [0.5, 0.6) is 0 Å². The molecule has 35 heavy (non-hydrogen) atoms. The van der Waals surface area contributed by atoms with Crippen molar-refractivity contribution in [1.29, 1.82) is 0 Å². The SMILES string of the molecule is CN(C)C[C@H](NC(=O)OCC1c2ccccc2-c2ccccc21)C(=O)NCc1ncc(C(=O)O)s1. The van der Waals surface area contributed by atoms with Crippen LogP contribution in [0.4, 0.5) is 4.79 Å². The second-order valence-corrected chi connectivity index (χ2v) is 9.54. The number of ether oxygens (including phenoxy) is 1. The predicted molar refractivity (Wildman–Crippen MR) is 131 cm³/mol. The maximum atomic E-state index is 12.8. The average Bonchev–Trinajstić information content (AvgIpc) is 3.44. The highest BCUT2D eigenvalue weighted by molar-refractivity contribution is 7.13. The van der Waals surface area contributed by atoms with Gasteiger partial charge in [0.15, 0.2) is 0 Å². The van der Waals surface area contributed by atoms with Crippen molar-refractivity contribution >= 4 is 29.3 Å². The van der Waals surface area contributed by atoms with Crippen LogP contribution in [0.15, 0.2) is 54.7 Å². The molecule has 182 valence electrons. The largest absolute Gasteiger partial charge is 0.477 e. The molecular weight excluding hydrogens is 468 g/mol. The Morgan fingerprint density at radius 1 is 1.09 bits per heavy atom. The van der Waals surface area contributed by atoms with Gasteiger partial charge in [0.25, 0.3) is 0 Å². The number of fused-ring (bicyclic) bond motifs is 3. The van der Waals surface area contributed by atoms with Crippen LogP contribution < -0.4 is 10.6 Å². The molecule has 0 saturated heterocycles. The Morgan fingerprint density at radius 2 is 1.71 bits per heavy atom. The summed E-state index contributed by atoms with van der Waals surface area (Å²) in [5, 5.41) is 14.8. The Hall–Kier alpha value is -3.76. The molecule has 1 aliphatic rings. The number of carboxylic acids is 1. The number of aromatic carboxylic acids is 1. The molecule has 10 heteroatoms. The second kappa shape index (κ2) is 10.7. The van der Waals surface area contributed by atoms with Gasteiger partial charge >= 0.3 is 12.1 Å². The number of alkyl carbamates (subject to hydrolysis) is 1. The summed E-state index contributed by atoms with van der Waals surface area (Å²) in [7, 11) is 3.58. The first kappa shape index (κ1) is 24.4. The fraction of sp³-hybridized carbons (Fsp3) is 0.280. The smallest absolute Gasteiger partial charge is 0.407 e. The van der Waals surface area contributed by atoms with E-state index in [0.717, 1.165) is 33.6 Å². The van der Waals surface area contributed by atoms with E-state index in [4.69, 9.17) is 9.84 Å². The van der Waals surface area contributed by atoms with Gasteiger partial charge in [0.05, 0.1) is 12.7 Å². The number of carboxylic acid groups (broad SMARTS) is 1. The highest BCUT2D eigenvalue weighted by Gasteiger charge is 2.30. The summed E-state index contributed by atoms with van der Waals surface area (Å²) in [6.07, 6.45) is 0.567. The van der Waals surface area contributed by atoms with Crippen molar-refractivity contribution in [3.63, 3.8) is 0 Å². The van der Waals surface area contributed by atoms with Crippen molar-refractivity contribution in [3.8, 4) is 11.1 Å². The normalized spacial score (nSPS) is 13.1. The molecule has 0 spiro atoms. The minimum atomic E-state index is -1.07. The van der Waals surface area contributed by atoms with Crippen LogP contribution in [-0.2, 0) is 16.1 Å². The number of carbonyl (C=O) groups is 3. The molecule has 0 unspecified atom stereocenters. The number of nitrogens with one attached hydrogen (secondary N) is 2. The van der Waals surface area contributed by atoms with Crippen molar-refractivity contribution < 1.29 is 24.2 Å². The number of rotatable bonds is 9. The van der Waals surface area contributed by atoms with Gasteiger partial charge in [-0.15, -0.1) is 11.3 Å². The average molecular weight is 495 g/mol. The minimum Gasteiger partial charge on any atom is -0.477 e. The summed E-state index contributed by atoms with van der Waals surface area (Å²) in [4.78, 5) is 42.3. The number of nitrogens with zero attached hydrogens (tertiary/aromatic N) is 2. The number of thiazole rings is 1. The lowest BCUT2D eigenvalue weighted by molar-refractivity contribution is -0.123. The Labute approximate surface area is 206 Å². The molecule has 0 aliphatic heterocycles. The number of amides is 2. The van der Waals surface area contributed by atoms with Gasteiger partial charge < -0.3 is 25.4 Å². The van der Waals surface area contributed by atoms with Crippen LogP contribution in [0.1, 0.15) is 31.7 Å². The lowest BCUT2D eigenvalue weighted by atomic mass is 9.98. The molecule has 0 radical (unpaired) electrons. The molecule has 0 fully saturated rings. The van der Waals surface area contributed by atoms with Crippen LogP contribution in [0.2, 0.25) is 0 Å². The Balaban J connectivity index is 1.37. The Kier molecular flexibility index (Phi) is 7.42. The third kappa shape index (κ3) is 5.67. The zero-order valence-corrected chi connectivity index (χ0v) is 20.2. The fourth-order valence-electron chi connectivity index (χ4n) is 4.12. The molecule has 1 heterocycles.